The molecule has 6 nitrogen and oxygen atoms in total. The highest BCUT2D eigenvalue weighted by Crippen LogP contribution is 2.22. The largest absolute Gasteiger partial charge is 0.357 e. The second-order valence-corrected chi connectivity index (χ2v) is 6.44. The summed E-state index contributed by atoms with van der Waals surface area (Å²) in [6.45, 7) is 8.06. The lowest BCUT2D eigenvalue weighted by atomic mass is 10.1. The van der Waals surface area contributed by atoms with E-state index in [4.69, 9.17) is 0 Å². The highest BCUT2D eigenvalue weighted by atomic mass is 32.1. The highest BCUT2D eigenvalue weighted by Gasteiger charge is 2.21. The number of hydrogen-bond acceptors (Lipinski definition) is 7. The van der Waals surface area contributed by atoms with Gasteiger partial charge in [0.25, 0.3) is 0 Å². The Morgan fingerprint density at radius 3 is 2.64 bits per heavy atom. The van der Waals surface area contributed by atoms with E-state index in [1.54, 1.807) is 0 Å². The summed E-state index contributed by atoms with van der Waals surface area (Å²) in [5, 5.41) is 4.46. The molecule has 2 aromatic heterocycles. The van der Waals surface area contributed by atoms with Crippen molar-refractivity contribution in [3.8, 4) is 0 Å². The molecule has 0 atom stereocenters. The molecule has 2 aromatic rings. The lowest BCUT2D eigenvalue weighted by Gasteiger charge is -2.33. The minimum absolute atomic E-state index is 0.470. The number of aryl methyl sites for hydroxylation is 3. The van der Waals surface area contributed by atoms with Crippen molar-refractivity contribution in [3.63, 3.8) is 0 Å². The number of piperidine rings is 1. The predicted octanol–water partition coefficient (Wildman–Crippen LogP) is 2.59. The van der Waals surface area contributed by atoms with Gasteiger partial charge in [-0.25, -0.2) is 15.0 Å². The molecule has 0 amide bonds. The SMILES string of the molecule is CCc1nsc(NC2CCN(c3cc(C)nc(C)n3)CC2)n1. The van der Waals surface area contributed by atoms with E-state index >= 15 is 0 Å². The first kappa shape index (κ1) is 15.1. The van der Waals surface area contributed by atoms with E-state index in [2.05, 4.69) is 42.5 Å². The number of anilines is 2. The second-order valence-electron chi connectivity index (χ2n) is 5.69. The first-order chi connectivity index (χ1) is 10.6. The minimum Gasteiger partial charge on any atom is -0.357 e. The fourth-order valence-corrected chi connectivity index (χ4v) is 3.47. The molecular formula is C15H22N6S. The molecule has 0 bridgehead atoms. The summed E-state index contributed by atoms with van der Waals surface area (Å²) in [6.07, 6.45) is 3.06. The number of nitrogens with zero attached hydrogens (tertiary/aromatic N) is 5. The van der Waals surface area contributed by atoms with Gasteiger partial charge in [0.1, 0.15) is 17.5 Å². The molecule has 1 saturated heterocycles. The fourth-order valence-electron chi connectivity index (χ4n) is 2.74. The van der Waals surface area contributed by atoms with Crippen LogP contribution in [0.25, 0.3) is 0 Å². The summed E-state index contributed by atoms with van der Waals surface area (Å²) < 4.78 is 4.32. The Hall–Kier alpha value is -1.76. The van der Waals surface area contributed by atoms with Crippen LogP contribution in [0.1, 0.15) is 37.1 Å². The molecule has 0 unspecified atom stereocenters. The number of rotatable bonds is 4. The van der Waals surface area contributed by atoms with Gasteiger partial charge in [-0.1, -0.05) is 6.92 Å². The first-order valence-corrected chi connectivity index (χ1v) is 8.57. The van der Waals surface area contributed by atoms with Gasteiger partial charge in [-0.15, -0.1) is 0 Å². The van der Waals surface area contributed by atoms with Crippen LogP contribution in [0.3, 0.4) is 0 Å². The van der Waals surface area contributed by atoms with Crippen molar-refractivity contribution in [1.82, 2.24) is 19.3 Å². The van der Waals surface area contributed by atoms with Gasteiger partial charge in [0, 0.05) is 48.8 Å². The molecule has 1 aliphatic heterocycles. The van der Waals surface area contributed by atoms with Crippen molar-refractivity contribution in [1.29, 1.82) is 0 Å². The van der Waals surface area contributed by atoms with Crippen molar-refractivity contribution in [2.24, 2.45) is 0 Å². The summed E-state index contributed by atoms with van der Waals surface area (Å²) in [4.78, 5) is 15.7. The number of nitrogens with one attached hydrogen (secondary N) is 1. The molecule has 3 heterocycles. The molecule has 3 rings (SSSR count). The zero-order valence-corrected chi connectivity index (χ0v) is 14.2. The van der Waals surface area contributed by atoms with E-state index < -0.39 is 0 Å². The normalized spacial score (nSPS) is 16.0. The topological polar surface area (TPSA) is 66.8 Å². The van der Waals surface area contributed by atoms with E-state index in [1.165, 1.54) is 11.5 Å². The van der Waals surface area contributed by atoms with Crippen molar-refractivity contribution >= 4 is 22.5 Å². The molecular weight excluding hydrogens is 296 g/mol. The molecule has 1 fully saturated rings. The standard InChI is InChI=1S/C15H22N6S/c1-4-13-19-15(22-20-13)18-12-5-7-21(8-6-12)14-9-10(2)16-11(3)17-14/h9,12H,4-8H2,1-3H3,(H,18,19,20). The summed E-state index contributed by atoms with van der Waals surface area (Å²) in [5.74, 6) is 2.82. The molecule has 0 aromatic carbocycles. The van der Waals surface area contributed by atoms with Crippen LogP contribution in [0.2, 0.25) is 0 Å². The van der Waals surface area contributed by atoms with Gasteiger partial charge in [-0.3, -0.25) is 0 Å². The van der Waals surface area contributed by atoms with Crippen LogP contribution in [-0.2, 0) is 6.42 Å². The van der Waals surface area contributed by atoms with Gasteiger partial charge in [-0.05, 0) is 26.7 Å². The second kappa shape index (κ2) is 6.56. The van der Waals surface area contributed by atoms with Gasteiger partial charge in [-0.2, -0.15) is 4.37 Å². The van der Waals surface area contributed by atoms with Crippen LogP contribution in [0, 0.1) is 13.8 Å². The molecule has 0 aliphatic carbocycles. The van der Waals surface area contributed by atoms with Crippen LogP contribution in [-0.4, -0.2) is 38.5 Å². The molecule has 22 heavy (non-hydrogen) atoms. The summed E-state index contributed by atoms with van der Waals surface area (Å²) in [5.41, 5.74) is 1.03. The van der Waals surface area contributed by atoms with Gasteiger partial charge >= 0.3 is 0 Å². The zero-order valence-electron chi connectivity index (χ0n) is 13.3. The fraction of sp³-hybridized carbons (Fsp3) is 0.600. The van der Waals surface area contributed by atoms with Crippen LogP contribution in [0.5, 0.6) is 0 Å². The Bertz CT molecular complexity index is 612. The number of aromatic nitrogens is 4. The Labute approximate surface area is 135 Å². The average molecular weight is 318 g/mol. The number of hydrogen-bond donors (Lipinski definition) is 1. The van der Waals surface area contributed by atoms with Crippen molar-refractivity contribution in [3.05, 3.63) is 23.4 Å². The van der Waals surface area contributed by atoms with E-state index in [0.29, 0.717) is 6.04 Å². The van der Waals surface area contributed by atoms with Gasteiger partial charge in [0.15, 0.2) is 0 Å². The summed E-state index contributed by atoms with van der Waals surface area (Å²) >= 11 is 1.46. The van der Waals surface area contributed by atoms with Gasteiger partial charge in [0.2, 0.25) is 5.13 Å². The lowest BCUT2D eigenvalue weighted by molar-refractivity contribution is 0.522. The van der Waals surface area contributed by atoms with E-state index in [-0.39, 0.29) is 0 Å². The quantitative estimate of drug-likeness (QED) is 0.934. The molecule has 0 saturated carbocycles. The van der Waals surface area contributed by atoms with E-state index in [9.17, 15) is 0 Å². The third-order valence-corrected chi connectivity index (χ3v) is 4.57. The van der Waals surface area contributed by atoms with E-state index in [1.807, 2.05) is 13.8 Å². The average Bonchev–Trinajstić information content (AvgIpc) is 2.95. The van der Waals surface area contributed by atoms with Crippen LogP contribution >= 0.6 is 11.5 Å². The molecule has 1 N–H and O–H groups in total. The van der Waals surface area contributed by atoms with Crippen molar-refractivity contribution in [2.75, 3.05) is 23.3 Å². The summed E-state index contributed by atoms with van der Waals surface area (Å²) in [6, 6.07) is 2.54. The Balaban J connectivity index is 1.57. The monoisotopic (exact) mass is 318 g/mol. The van der Waals surface area contributed by atoms with Crippen molar-refractivity contribution < 1.29 is 0 Å². The Morgan fingerprint density at radius 1 is 1.23 bits per heavy atom. The molecule has 1 aliphatic rings. The van der Waals surface area contributed by atoms with Crippen LogP contribution in [0.4, 0.5) is 10.9 Å². The molecule has 7 heteroatoms. The third-order valence-electron chi connectivity index (χ3n) is 3.88. The lowest BCUT2D eigenvalue weighted by Crippen LogP contribution is -2.39. The maximum atomic E-state index is 4.56. The summed E-state index contributed by atoms with van der Waals surface area (Å²) in [7, 11) is 0. The zero-order chi connectivity index (χ0) is 15.5. The highest BCUT2D eigenvalue weighted by molar-refractivity contribution is 7.09. The predicted molar refractivity (Wildman–Crippen MR) is 89.7 cm³/mol. The maximum Gasteiger partial charge on any atom is 0.202 e. The molecule has 0 radical (unpaired) electrons. The smallest absolute Gasteiger partial charge is 0.202 e. The van der Waals surface area contributed by atoms with E-state index in [0.717, 1.165) is 60.6 Å². The van der Waals surface area contributed by atoms with Gasteiger partial charge < -0.3 is 10.2 Å². The third kappa shape index (κ3) is 3.52. The molecule has 0 spiro atoms. The van der Waals surface area contributed by atoms with Crippen LogP contribution in [0.15, 0.2) is 6.07 Å². The Kier molecular flexibility index (Phi) is 4.52. The molecule has 118 valence electrons. The van der Waals surface area contributed by atoms with Crippen molar-refractivity contribution in [2.45, 2.75) is 46.1 Å². The van der Waals surface area contributed by atoms with Crippen LogP contribution < -0.4 is 10.2 Å². The Morgan fingerprint density at radius 2 is 2.00 bits per heavy atom. The van der Waals surface area contributed by atoms with Gasteiger partial charge in [0.05, 0.1) is 0 Å². The maximum absolute atomic E-state index is 4.56. The minimum atomic E-state index is 0.470. The first-order valence-electron chi connectivity index (χ1n) is 7.80.